The van der Waals surface area contributed by atoms with Gasteiger partial charge < -0.3 is 15.4 Å². The minimum absolute atomic E-state index is 0.00389. The van der Waals surface area contributed by atoms with Crippen LogP contribution in [0.25, 0.3) is 0 Å². The predicted molar refractivity (Wildman–Crippen MR) is 68.6 cm³/mol. The summed E-state index contributed by atoms with van der Waals surface area (Å²) < 4.78 is 9.40. The summed E-state index contributed by atoms with van der Waals surface area (Å²) in [4.78, 5) is 14.8. The standard InChI is InChI=1S/C11H18N4O2S/c1-3-8-10(18-14-13-8)11(16)15-4-5-17-9(6-15)7(2)12/h7,9H,3-6,12H2,1-2H3. The van der Waals surface area contributed by atoms with E-state index >= 15 is 0 Å². The van der Waals surface area contributed by atoms with Crippen molar-refractivity contribution in [1.82, 2.24) is 14.5 Å². The van der Waals surface area contributed by atoms with Gasteiger partial charge >= 0.3 is 0 Å². The maximum Gasteiger partial charge on any atom is 0.267 e. The fourth-order valence-corrected chi connectivity index (χ4v) is 2.64. The van der Waals surface area contributed by atoms with E-state index in [4.69, 9.17) is 10.5 Å². The van der Waals surface area contributed by atoms with Crippen molar-refractivity contribution < 1.29 is 9.53 Å². The summed E-state index contributed by atoms with van der Waals surface area (Å²) in [5, 5.41) is 3.97. The highest BCUT2D eigenvalue weighted by atomic mass is 32.1. The van der Waals surface area contributed by atoms with Crippen LogP contribution in [0.1, 0.15) is 29.2 Å². The molecule has 2 unspecified atom stereocenters. The van der Waals surface area contributed by atoms with Gasteiger partial charge in [-0.2, -0.15) is 0 Å². The van der Waals surface area contributed by atoms with Gasteiger partial charge in [0.1, 0.15) is 4.88 Å². The van der Waals surface area contributed by atoms with Crippen LogP contribution in [-0.2, 0) is 11.2 Å². The zero-order chi connectivity index (χ0) is 13.1. The quantitative estimate of drug-likeness (QED) is 0.853. The minimum atomic E-state index is -0.0892. The number of amides is 1. The highest BCUT2D eigenvalue weighted by Gasteiger charge is 2.29. The molecule has 2 heterocycles. The molecule has 1 aromatic heterocycles. The molecule has 7 heteroatoms. The SMILES string of the molecule is CCc1nnsc1C(=O)N1CCOC(C(C)N)C1. The van der Waals surface area contributed by atoms with Crippen LogP contribution in [0, 0.1) is 0 Å². The molecule has 2 rings (SSSR count). The molecule has 0 aliphatic carbocycles. The molecule has 1 amide bonds. The lowest BCUT2D eigenvalue weighted by Crippen LogP contribution is -2.51. The number of aromatic nitrogens is 2. The normalized spacial score (nSPS) is 21.9. The van der Waals surface area contributed by atoms with Gasteiger partial charge in [-0.25, -0.2) is 0 Å². The largest absolute Gasteiger partial charge is 0.373 e. The number of aryl methyl sites for hydroxylation is 1. The van der Waals surface area contributed by atoms with Gasteiger partial charge in [0.2, 0.25) is 0 Å². The molecule has 1 fully saturated rings. The molecular weight excluding hydrogens is 252 g/mol. The van der Waals surface area contributed by atoms with Crippen molar-refractivity contribution in [3.63, 3.8) is 0 Å². The first-order valence-electron chi connectivity index (χ1n) is 6.11. The van der Waals surface area contributed by atoms with E-state index < -0.39 is 0 Å². The first-order chi connectivity index (χ1) is 8.63. The molecule has 100 valence electrons. The number of rotatable bonds is 3. The van der Waals surface area contributed by atoms with Crippen molar-refractivity contribution >= 4 is 17.4 Å². The summed E-state index contributed by atoms with van der Waals surface area (Å²) in [6, 6.07) is -0.0779. The average molecular weight is 270 g/mol. The van der Waals surface area contributed by atoms with Crippen LogP contribution < -0.4 is 5.73 Å². The molecule has 2 N–H and O–H groups in total. The number of carbonyl (C=O) groups excluding carboxylic acids is 1. The topological polar surface area (TPSA) is 81.3 Å². The Kier molecular flexibility index (Phi) is 4.26. The molecule has 0 spiro atoms. The van der Waals surface area contributed by atoms with Crippen LogP contribution in [-0.4, -0.2) is 52.2 Å². The van der Waals surface area contributed by atoms with Crippen molar-refractivity contribution in [3.8, 4) is 0 Å². The Hall–Kier alpha value is -1.05. The summed E-state index contributed by atoms with van der Waals surface area (Å²) >= 11 is 1.16. The Labute approximate surface area is 110 Å². The van der Waals surface area contributed by atoms with E-state index in [2.05, 4.69) is 9.59 Å². The van der Waals surface area contributed by atoms with Crippen molar-refractivity contribution in [3.05, 3.63) is 10.6 Å². The van der Waals surface area contributed by atoms with Crippen LogP contribution in [0.2, 0.25) is 0 Å². The number of nitrogens with zero attached hydrogens (tertiary/aromatic N) is 3. The third-order valence-corrected chi connectivity index (χ3v) is 3.81. The Morgan fingerprint density at radius 2 is 2.50 bits per heavy atom. The van der Waals surface area contributed by atoms with E-state index in [1.807, 2.05) is 13.8 Å². The molecular formula is C11H18N4O2S. The van der Waals surface area contributed by atoms with Crippen molar-refractivity contribution in [2.45, 2.75) is 32.4 Å². The van der Waals surface area contributed by atoms with Crippen LogP contribution in [0.15, 0.2) is 0 Å². The average Bonchev–Trinajstić information content (AvgIpc) is 2.86. The van der Waals surface area contributed by atoms with E-state index in [1.165, 1.54) is 0 Å². The third kappa shape index (κ3) is 2.68. The monoisotopic (exact) mass is 270 g/mol. The maximum absolute atomic E-state index is 12.4. The second-order valence-electron chi connectivity index (χ2n) is 4.42. The number of ether oxygens (including phenoxy) is 1. The number of hydrogen-bond acceptors (Lipinski definition) is 6. The zero-order valence-corrected chi connectivity index (χ0v) is 11.4. The molecule has 0 aromatic carbocycles. The van der Waals surface area contributed by atoms with Crippen molar-refractivity contribution in [1.29, 1.82) is 0 Å². The van der Waals surface area contributed by atoms with E-state index in [-0.39, 0.29) is 18.1 Å². The maximum atomic E-state index is 12.4. The van der Waals surface area contributed by atoms with Gasteiger partial charge in [-0.1, -0.05) is 11.4 Å². The molecule has 6 nitrogen and oxygen atoms in total. The van der Waals surface area contributed by atoms with E-state index in [0.717, 1.165) is 23.6 Å². The predicted octanol–water partition coefficient (Wildman–Crippen LogP) is 0.289. The Bertz CT molecular complexity index is 421. The molecule has 0 bridgehead atoms. The highest BCUT2D eigenvalue weighted by Crippen LogP contribution is 2.17. The fraction of sp³-hybridized carbons (Fsp3) is 0.727. The second kappa shape index (κ2) is 5.73. The molecule has 0 saturated carbocycles. The third-order valence-electron chi connectivity index (χ3n) is 3.05. The second-order valence-corrected chi connectivity index (χ2v) is 5.18. The van der Waals surface area contributed by atoms with Crippen LogP contribution in [0.3, 0.4) is 0 Å². The molecule has 1 saturated heterocycles. The van der Waals surface area contributed by atoms with Crippen molar-refractivity contribution in [2.75, 3.05) is 19.7 Å². The molecule has 2 atom stereocenters. The Morgan fingerprint density at radius 3 is 3.17 bits per heavy atom. The van der Waals surface area contributed by atoms with Crippen LogP contribution >= 0.6 is 11.5 Å². The van der Waals surface area contributed by atoms with E-state index in [0.29, 0.717) is 24.6 Å². The number of morpholine rings is 1. The lowest BCUT2D eigenvalue weighted by molar-refractivity contribution is -0.0298. The van der Waals surface area contributed by atoms with Gasteiger partial charge in [0.25, 0.3) is 5.91 Å². The van der Waals surface area contributed by atoms with Gasteiger partial charge in [-0.05, 0) is 24.9 Å². The number of carbonyl (C=O) groups is 1. The summed E-state index contributed by atoms with van der Waals surface area (Å²) in [7, 11) is 0. The van der Waals surface area contributed by atoms with Crippen LogP contribution in [0.4, 0.5) is 0 Å². The Morgan fingerprint density at radius 1 is 1.72 bits per heavy atom. The molecule has 1 aliphatic heterocycles. The molecule has 1 aromatic rings. The van der Waals surface area contributed by atoms with Crippen molar-refractivity contribution in [2.24, 2.45) is 5.73 Å². The fourth-order valence-electron chi connectivity index (χ4n) is 1.92. The number of nitrogens with two attached hydrogens (primary N) is 1. The molecule has 18 heavy (non-hydrogen) atoms. The lowest BCUT2D eigenvalue weighted by atomic mass is 10.1. The first kappa shape index (κ1) is 13.4. The minimum Gasteiger partial charge on any atom is -0.373 e. The summed E-state index contributed by atoms with van der Waals surface area (Å²) in [6.45, 7) is 5.54. The van der Waals surface area contributed by atoms with Gasteiger partial charge in [-0.15, -0.1) is 5.10 Å². The molecule has 0 radical (unpaired) electrons. The van der Waals surface area contributed by atoms with Gasteiger partial charge in [-0.3, -0.25) is 4.79 Å². The van der Waals surface area contributed by atoms with Crippen LogP contribution in [0.5, 0.6) is 0 Å². The molecule has 1 aliphatic rings. The first-order valence-corrected chi connectivity index (χ1v) is 6.88. The summed E-state index contributed by atoms with van der Waals surface area (Å²) in [6.07, 6.45) is 0.632. The lowest BCUT2D eigenvalue weighted by Gasteiger charge is -2.34. The van der Waals surface area contributed by atoms with Gasteiger partial charge in [0.05, 0.1) is 18.4 Å². The van der Waals surface area contributed by atoms with Gasteiger partial charge in [0.15, 0.2) is 0 Å². The Balaban J connectivity index is 2.09. The number of hydrogen-bond donors (Lipinski definition) is 1. The van der Waals surface area contributed by atoms with E-state index in [9.17, 15) is 4.79 Å². The van der Waals surface area contributed by atoms with E-state index in [1.54, 1.807) is 4.90 Å². The highest BCUT2D eigenvalue weighted by molar-refractivity contribution is 7.08. The summed E-state index contributed by atoms with van der Waals surface area (Å²) in [5.74, 6) is -0.00389. The zero-order valence-electron chi connectivity index (χ0n) is 10.6. The van der Waals surface area contributed by atoms with Gasteiger partial charge in [0, 0.05) is 19.1 Å². The smallest absolute Gasteiger partial charge is 0.267 e. The summed E-state index contributed by atoms with van der Waals surface area (Å²) in [5.41, 5.74) is 6.59.